The van der Waals surface area contributed by atoms with Crippen molar-refractivity contribution in [1.29, 1.82) is 0 Å². The van der Waals surface area contributed by atoms with Gasteiger partial charge in [-0.05, 0) is 12.3 Å². The highest BCUT2D eigenvalue weighted by atomic mass is 16.2. The Morgan fingerprint density at radius 2 is 2.33 bits per heavy atom. The van der Waals surface area contributed by atoms with Gasteiger partial charge in [0.1, 0.15) is 0 Å². The molecule has 1 aromatic heterocycles. The highest BCUT2D eigenvalue weighted by Crippen LogP contribution is 2.06. The lowest BCUT2D eigenvalue weighted by Gasteiger charge is -2.12. The van der Waals surface area contributed by atoms with Gasteiger partial charge in [-0.25, -0.2) is 0 Å². The van der Waals surface area contributed by atoms with Crippen LogP contribution in [0.5, 0.6) is 0 Å². The van der Waals surface area contributed by atoms with Crippen molar-refractivity contribution in [3.05, 3.63) is 12.3 Å². The molecule has 0 spiro atoms. The van der Waals surface area contributed by atoms with Gasteiger partial charge in [0.25, 0.3) is 0 Å². The number of nitrogens with one attached hydrogen (secondary N) is 1. The average molecular weight is 210 g/mol. The van der Waals surface area contributed by atoms with Crippen LogP contribution in [0.2, 0.25) is 0 Å². The van der Waals surface area contributed by atoms with Crippen LogP contribution in [-0.4, -0.2) is 21.7 Å². The van der Waals surface area contributed by atoms with E-state index in [1.54, 1.807) is 24.0 Å². The highest BCUT2D eigenvalue weighted by Gasteiger charge is 2.15. The fraction of sp³-hybridized carbons (Fsp3) is 0.600. The molecule has 0 aliphatic rings. The fourth-order valence-electron chi connectivity index (χ4n) is 1.32. The van der Waals surface area contributed by atoms with Gasteiger partial charge in [0.15, 0.2) is 5.82 Å². The number of aryl methyl sites for hydroxylation is 1. The van der Waals surface area contributed by atoms with Crippen molar-refractivity contribution in [2.75, 3.05) is 5.32 Å². The summed E-state index contributed by atoms with van der Waals surface area (Å²) in [4.78, 5) is 11.6. The second-order valence-electron chi connectivity index (χ2n) is 4.10. The number of hydrogen-bond donors (Lipinski definition) is 2. The SMILES string of the molecule is CC(C)C[C@H](N)C(=O)Nc1ccn(C)n1. The van der Waals surface area contributed by atoms with Crippen LogP contribution >= 0.6 is 0 Å². The summed E-state index contributed by atoms with van der Waals surface area (Å²) < 4.78 is 1.63. The number of carbonyl (C=O) groups excluding carboxylic acids is 1. The maximum Gasteiger partial charge on any atom is 0.242 e. The van der Waals surface area contributed by atoms with Crippen molar-refractivity contribution >= 4 is 11.7 Å². The predicted molar refractivity (Wildman–Crippen MR) is 59.3 cm³/mol. The van der Waals surface area contributed by atoms with E-state index < -0.39 is 6.04 Å². The van der Waals surface area contributed by atoms with Crippen LogP contribution in [0, 0.1) is 5.92 Å². The number of nitrogens with zero attached hydrogens (tertiary/aromatic N) is 2. The maximum absolute atomic E-state index is 11.6. The Morgan fingerprint density at radius 3 is 2.80 bits per heavy atom. The zero-order chi connectivity index (χ0) is 11.4. The zero-order valence-corrected chi connectivity index (χ0v) is 9.40. The van der Waals surface area contributed by atoms with E-state index >= 15 is 0 Å². The number of carbonyl (C=O) groups is 1. The molecule has 1 amide bonds. The second-order valence-corrected chi connectivity index (χ2v) is 4.10. The van der Waals surface area contributed by atoms with Crippen LogP contribution in [0.1, 0.15) is 20.3 Å². The van der Waals surface area contributed by atoms with Crippen LogP contribution < -0.4 is 11.1 Å². The van der Waals surface area contributed by atoms with Gasteiger partial charge in [-0.1, -0.05) is 13.8 Å². The van der Waals surface area contributed by atoms with Gasteiger partial charge in [0.05, 0.1) is 6.04 Å². The number of amides is 1. The van der Waals surface area contributed by atoms with Crippen LogP contribution in [0.4, 0.5) is 5.82 Å². The molecule has 1 heterocycles. The molecule has 0 unspecified atom stereocenters. The Labute approximate surface area is 89.6 Å². The maximum atomic E-state index is 11.6. The van der Waals surface area contributed by atoms with E-state index in [1.807, 2.05) is 13.8 Å². The summed E-state index contributed by atoms with van der Waals surface area (Å²) >= 11 is 0. The van der Waals surface area contributed by atoms with Crippen molar-refractivity contribution in [3.63, 3.8) is 0 Å². The smallest absolute Gasteiger partial charge is 0.242 e. The van der Waals surface area contributed by atoms with Crippen molar-refractivity contribution < 1.29 is 4.79 Å². The molecule has 0 fully saturated rings. The van der Waals surface area contributed by atoms with E-state index in [4.69, 9.17) is 5.73 Å². The minimum absolute atomic E-state index is 0.178. The molecule has 0 aromatic carbocycles. The van der Waals surface area contributed by atoms with Gasteiger partial charge in [0.2, 0.25) is 5.91 Å². The summed E-state index contributed by atoms with van der Waals surface area (Å²) in [5.74, 6) is 0.776. The second kappa shape index (κ2) is 4.93. The van der Waals surface area contributed by atoms with E-state index in [9.17, 15) is 4.79 Å². The molecule has 1 aromatic rings. The summed E-state index contributed by atoms with van der Waals surface area (Å²) in [5, 5.41) is 6.71. The molecule has 0 radical (unpaired) electrons. The Hall–Kier alpha value is -1.36. The van der Waals surface area contributed by atoms with E-state index in [1.165, 1.54) is 0 Å². The molecule has 3 N–H and O–H groups in total. The number of aromatic nitrogens is 2. The summed E-state index contributed by atoms with van der Waals surface area (Å²) in [6.45, 7) is 4.07. The highest BCUT2D eigenvalue weighted by molar-refractivity contribution is 5.93. The lowest BCUT2D eigenvalue weighted by atomic mass is 10.0. The Morgan fingerprint density at radius 1 is 1.67 bits per heavy atom. The number of hydrogen-bond acceptors (Lipinski definition) is 3. The fourth-order valence-corrected chi connectivity index (χ4v) is 1.32. The molecule has 1 atom stereocenters. The number of anilines is 1. The first-order valence-corrected chi connectivity index (χ1v) is 5.05. The molecule has 5 heteroatoms. The standard InChI is InChI=1S/C10H18N4O/c1-7(2)6-8(11)10(15)12-9-4-5-14(3)13-9/h4-5,7-8H,6,11H2,1-3H3,(H,12,13,15)/t8-/m0/s1. The first-order valence-electron chi connectivity index (χ1n) is 5.05. The average Bonchev–Trinajstić information content (AvgIpc) is 2.50. The molecule has 0 saturated carbocycles. The van der Waals surface area contributed by atoms with Gasteiger partial charge >= 0.3 is 0 Å². The molecule has 0 aliphatic heterocycles. The third kappa shape index (κ3) is 3.71. The van der Waals surface area contributed by atoms with E-state index in [-0.39, 0.29) is 5.91 Å². The molecule has 84 valence electrons. The van der Waals surface area contributed by atoms with Crippen molar-refractivity contribution in [3.8, 4) is 0 Å². The lowest BCUT2D eigenvalue weighted by molar-refractivity contribution is -0.117. The summed E-state index contributed by atoms with van der Waals surface area (Å²) in [6, 6.07) is 1.27. The van der Waals surface area contributed by atoms with E-state index in [0.717, 1.165) is 0 Å². The Balaban J connectivity index is 2.48. The predicted octanol–water partition coefficient (Wildman–Crippen LogP) is 0.732. The van der Waals surface area contributed by atoms with Crippen molar-refractivity contribution in [1.82, 2.24) is 9.78 Å². The molecular formula is C10H18N4O. The van der Waals surface area contributed by atoms with Gasteiger partial charge in [-0.15, -0.1) is 0 Å². The van der Waals surface area contributed by atoms with Gasteiger partial charge in [-0.3, -0.25) is 9.48 Å². The molecule has 0 saturated heterocycles. The summed E-state index contributed by atoms with van der Waals surface area (Å²) in [5.41, 5.74) is 5.73. The van der Waals surface area contributed by atoms with Crippen molar-refractivity contribution in [2.45, 2.75) is 26.3 Å². The van der Waals surface area contributed by atoms with Crippen LogP contribution in [0.15, 0.2) is 12.3 Å². The quantitative estimate of drug-likeness (QED) is 0.769. The van der Waals surface area contributed by atoms with Gasteiger partial charge in [0, 0.05) is 19.3 Å². The monoisotopic (exact) mass is 210 g/mol. The lowest BCUT2D eigenvalue weighted by Crippen LogP contribution is -2.36. The third-order valence-electron chi connectivity index (χ3n) is 2.03. The molecule has 5 nitrogen and oxygen atoms in total. The van der Waals surface area contributed by atoms with Crippen molar-refractivity contribution in [2.24, 2.45) is 18.7 Å². The van der Waals surface area contributed by atoms with E-state index in [2.05, 4.69) is 10.4 Å². The zero-order valence-electron chi connectivity index (χ0n) is 9.40. The van der Waals surface area contributed by atoms with Crippen LogP contribution in [0.3, 0.4) is 0 Å². The van der Waals surface area contributed by atoms with Gasteiger partial charge in [-0.2, -0.15) is 5.10 Å². The largest absolute Gasteiger partial charge is 0.320 e. The number of nitrogens with two attached hydrogens (primary N) is 1. The summed E-state index contributed by atoms with van der Waals surface area (Å²) in [6.07, 6.45) is 2.45. The Kier molecular flexibility index (Phi) is 3.85. The molecular weight excluding hydrogens is 192 g/mol. The Bertz CT molecular complexity index is 332. The van der Waals surface area contributed by atoms with Crippen LogP contribution in [0.25, 0.3) is 0 Å². The first kappa shape index (κ1) is 11.7. The van der Waals surface area contributed by atoms with E-state index in [0.29, 0.717) is 18.2 Å². The summed E-state index contributed by atoms with van der Waals surface area (Å²) in [7, 11) is 1.80. The van der Waals surface area contributed by atoms with Gasteiger partial charge < -0.3 is 11.1 Å². The molecule has 0 aliphatic carbocycles. The normalized spacial score (nSPS) is 12.9. The molecule has 15 heavy (non-hydrogen) atoms. The molecule has 0 bridgehead atoms. The number of rotatable bonds is 4. The van der Waals surface area contributed by atoms with Crippen LogP contribution in [-0.2, 0) is 11.8 Å². The molecule has 1 rings (SSSR count). The first-order chi connectivity index (χ1) is 6.99. The third-order valence-corrected chi connectivity index (χ3v) is 2.03. The topological polar surface area (TPSA) is 72.9 Å². The minimum Gasteiger partial charge on any atom is -0.320 e. The minimum atomic E-state index is -0.466.